The summed E-state index contributed by atoms with van der Waals surface area (Å²) >= 11 is 0. The molecule has 2 atom stereocenters. The van der Waals surface area contributed by atoms with Crippen LogP contribution < -0.4 is 11.1 Å². The molecule has 0 bridgehead atoms. The van der Waals surface area contributed by atoms with E-state index in [-0.39, 0.29) is 12.0 Å². The van der Waals surface area contributed by atoms with Crippen molar-refractivity contribution < 1.29 is 0 Å². The molecule has 0 aliphatic carbocycles. The number of nitrogens with zero attached hydrogens (tertiary/aromatic N) is 3. The summed E-state index contributed by atoms with van der Waals surface area (Å²) in [7, 11) is 0. The first-order valence-corrected chi connectivity index (χ1v) is 9.50. The molecule has 0 aromatic heterocycles. The summed E-state index contributed by atoms with van der Waals surface area (Å²) in [6, 6.07) is 4.68. The maximum Gasteiger partial charge on any atom is 0.118 e. The minimum atomic E-state index is 0.223. The molecule has 2 unspecified atom stereocenters. The van der Waals surface area contributed by atoms with Gasteiger partial charge in [0.1, 0.15) is 5.82 Å². The quantitative estimate of drug-likeness (QED) is 0.809. The fraction of sp³-hybridized carbons (Fsp3) is 0.429. The molecule has 5 nitrogen and oxygen atoms in total. The molecule has 0 amide bonds. The van der Waals surface area contributed by atoms with E-state index in [0.29, 0.717) is 5.82 Å². The van der Waals surface area contributed by atoms with Gasteiger partial charge >= 0.3 is 0 Å². The monoisotopic (exact) mass is 349 g/mol. The van der Waals surface area contributed by atoms with Gasteiger partial charge in [0.15, 0.2) is 0 Å². The fourth-order valence-corrected chi connectivity index (χ4v) is 4.20. The predicted octanol–water partition coefficient (Wildman–Crippen LogP) is 4.05. The first-order chi connectivity index (χ1) is 12.7. The maximum absolute atomic E-state index is 5.80. The van der Waals surface area contributed by atoms with E-state index in [9.17, 15) is 0 Å². The molecule has 0 saturated carbocycles. The van der Waals surface area contributed by atoms with Crippen molar-refractivity contribution >= 4 is 24.3 Å². The number of nitrogens with one attached hydrogen (secondary N) is 1. The zero-order chi connectivity index (χ0) is 18.1. The predicted molar refractivity (Wildman–Crippen MR) is 109 cm³/mol. The molecule has 1 aromatic rings. The number of nitrogens with two attached hydrogens (primary N) is 1. The Kier molecular flexibility index (Phi) is 4.64. The summed E-state index contributed by atoms with van der Waals surface area (Å²) in [5, 5.41) is 3.65. The van der Waals surface area contributed by atoms with Crippen molar-refractivity contribution in [1.82, 2.24) is 4.90 Å². The highest BCUT2D eigenvalue weighted by Gasteiger charge is 2.30. The molecule has 0 spiro atoms. The lowest BCUT2D eigenvalue weighted by Crippen LogP contribution is -2.35. The standard InChI is InChI=1S/C21H27N5/c1-14-6-8-16-18(26-10-4-3-5-11-26)12-17(25-21(16)20(14)23-2)15-7-9-19(22)24-13-15/h6,8-9,12-13,15,18,25H,2-5,7,10-11,22H2,1H3. The van der Waals surface area contributed by atoms with E-state index in [2.05, 4.69) is 52.1 Å². The SMILES string of the molecule is C=Nc1c(C)ccc2c1NC(C1C=NC(N)=CC1)=CC2N1CCCCC1. The number of aliphatic imine (C=N–C) groups is 2. The van der Waals surface area contributed by atoms with Gasteiger partial charge in [0.25, 0.3) is 0 Å². The summed E-state index contributed by atoms with van der Waals surface area (Å²) in [5.74, 6) is 0.829. The highest BCUT2D eigenvalue weighted by Crippen LogP contribution is 2.44. The van der Waals surface area contributed by atoms with Gasteiger partial charge in [-0.15, -0.1) is 0 Å². The van der Waals surface area contributed by atoms with Gasteiger partial charge in [-0.05, 0) is 69.3 Å². The minimum absolute atomic E-state index is 0.223. The summed E-state index contributed by atoms with van der Waals surface area (Å²) in [6.45, 7) is 8.18. The van der Waals surface area contributed by atoms with E-state index in [1.807, 2.05) is 12.3 Å². The second kappa shape index (κ2) is 7.08. The Hall–Kier alpha value is -2.40. The Labute approximate surface area is 155 Å². The van der Waals surface area contributed by atoms with Crippen LogP contribution in [0.4, 0.5) is 11.4 Å². The molecule has 136 valence electrons. The molecule has 5 heteroatoms. The van der Waals surface area contributed by atoms with Crippen LogP contribution in [0.5, 0.6) is 0 Å². The summed E-state index contributed by atoms with van der Waals surface area (Å²) < 4.78 is 0. The van der Waals surface area contributed by atoms with Crippen molar-refractivity contribution in [3.63, 3.8) is 0 Å². The Bertz CT molecular complexity index is 799. The second-order valence-corrected chi connectivity index (χ2v) is 7.39. The van der Waals surface area contributed by atoms with E-state index >= 15 is 0 Å². The highest BCUT2D eigenvalue weighted by atomic mass is 15.2. The number of fused-ring (bicyclic) bond motifs is 1. The number of likely N-dealkylation sites (tertiary alicyclic amines) is 1. The summed E-state index contributed by atoms with van der Waals surface area (Å²) in [5.41, 5.74) is 11.5. The van der Waals surface area contributed by atoms with Gasteiger partial charge in [0, 0.05) is 17.8 Å². The second-order valence-electron chi connectivity index (χ2n) is 7.39. The molecule has 3 aliphatic heterocycles. The van der Waals surface area contributed by atoms with Gasteiger partial charge in [0.05, 0.1) is 17.4 Å². The highest BCUT2D eigenvalue weighted by molar-refractivity contribution is 5.81. The zero-order valence-corrected chi connectivity index (χ0v) is 15.4. The molecular formula is C21H27N5. The third-order valence-electron chi connectivity index (χ3n) is 5.66. The lowest BCUT2D eigenvalue weighted by Gasteiger charge is -2.38. The van der Waals surface area contributed by atoms with Gasteiger partial charge in [-0.2, -0.15) is 0 Å². The molecule has 0 radical (unpaired) electrons. The van der Waals surface area contributed by atoms with Crippen LogP contribution in [0.1, 0.15) is 42.9 Å². The fourth-order valence-electron chi connectivity index (χ4n) is 4.20. The number of aryl methyl sites for hydroxylation is 1. The van der Waals surface area contributed by atoms with Crippen molar-refractivity contribution in [2.24, 2.45) is 21.6 Å². The molecule has 3 N–H and O–H groups in total. The van der Waals surface area contributed by atoms with Gasteiger partial charge in [-0.3, -0.25) is 9.89 Å². The largest absolute Gasteiger partial charge is 0.384 e. The number of piperidine rings is 1. The summed E-state index contributed by atoms with van der Waals surface area (Å²) in [4.78, 5) is 11.2. The summed E-state index contributed by atoms with van der Waals surface area (Å²) in [6.07, 6.45) is 11.1. The molecule has 1 saturated heterocycles. The molecule has 1 fully saturated rings. The van der Waals surface area contributed by atoms with E-state index in [4.69, 9.17) is 5.73 Å². The Morgan fingerprint density at radius 1 is 1.27 bits per heavy atom. The molecule has 1 aromatic carbocycles. The number of hydrogen-bond donors (Lipinski definition) is 2. The third kappa shape index (κ3) is 3.07. The van der Waals surface area contributed by atoms with Crippen LogP contribution in [0.2, 0.25) is 0 Å². The van der Waals surface area contributed by atoms with Crippen LogP contribution in [0, 0.1) is 12.8 Å². The van der Waals surface area contributed by atoms with Gasteiger partial charge in [-0.1, -0.05) is 18.6 Å². The number of hydrogen-bond acceptors (Lipinski definition) is 5. The Morgan fingerprint density at radius 2 is 2.08 bits per heavy atom. The normalized spacial score (nSPS) is 25.7. The molecular weight excluding hydrogens is 322 g/mol. The van der Waals surface area contributed by atoms with Crippen molar-refractivity contribution in [3.8, 4) is 0 Å². The Balaban J connectivity index is 1.75. The minimum Gasteiger partial charge on any atom is -0.384 e. The average molecular weight is 349 g/mol. The topological polar surface area (TPSA) is 66.0 Å². The van der Waals surface area contributed by atoms with Crippen molar-refractivity contribution in [1.29, 1.82) is 0 Å². The Morgan fingerprint density at radius 3 is 2.77 bits per heavy atom. The zero-order valence-electron chi connectivity index (χ0n) is 15.4. The van der Waals surface area contributed by atoms with E-state index in [1.54, 1.807) is 0 Å². The van der Waals surface area contributed by atoms with E-state index in [0.717, 1.165) is 36.4 Å². The van der Waals surface area contributed by atoms with Crippen molar-refractivity contribution in [2.45, 2.75) is 38.6 Å². The van der Waals surface area contributed by atoms with Crippen LogP contribution in [0.3, 0.4) is 0 Å². The first kappa shape index (κ1) is 17.0. The molecule has 3 aliphatic rings. The van der Waals surface area contributed by atoms with E-state index < -0.39 is 0 Å². The van der Waals surface area contributed by atoms with Crippen LogP contribution in [-0.4, -0.2) is 30.9 Å². The first-order valence-electron chi connectivity index (χ1n) is 9.50. The molecule has 4 rings (SSSR count). The lowest BCUT2D eigenvalue weighted by atomic mass is 9.89. The number of allylic oxidation sites excluding steroid dienone is 2. The maximum atomic E-state index is 5.80. The van der Waals surface area contributed by atoms with Gasteiger partial charge < -0.3 is 11.1 Å². The average Bonchev–Trinajstić information content (AvgIpc) is 2.68. The van der Waals surface area contributed by atoms with Crippen LogP contribution in [0.15, 0.2) is 45.8 Å². The van der Waals surface area contributed by atoms with Crippen LogP contribution in [-0.2, 0) is 0 Å². The van der Waals surface area contributed by atoms with Gasteiger partial charge in [-0.25, -0.2) is 4.99 Å². The third-order valence-corrected chi connectivity index (χ3v) is 5.66. The van der Waals surface area contributed by atoms with E-state index in [1.165, 1.54) is 30.5 Å². The van der Waals surface area contributed by atoms with Crippen molar-refractivity contribution in [2.75, 3.05) is 18.4 Å². The number of benzene rings is 1. The van der Waals surface area contributed by atoms with Crippen LogP contribution in [0.25, 0.3) is 0 Å². The van der Waals surface area contributed by atoms with Crippen molar-refractivity contribution in [3.05, 3.63) is 46.9 Å². The van der Waals surface area contributed by atoms with Crippen LogP contribution >= 0.6 is 0 Å². The molecule has 26 heavy (non-hydrogen) atoms. The van der Waals surface area contributed by atoms with Gasteiger partial charge in [0.2, 0.25) is 0 Å². The molecule has 3 heterocycles. The number of anilines is 1. The smallest absolute Gasteiger partial charge is 0.118 e. The lowest BCUT2D eigenvalue weighted by molar-refractivity contribution is 0.191. The number of rotatable bonds is 3.